The third-order valence-electron chi connectivity index (χ3n) is 1.89. The summed E-state index contributed by atoms with van der Waals surface area (Å²) in [5.41, 5.74) is 4.89. The molecule has 8 heteroatoms. The second-order valence-corrected chi connectivity index (χ2v) is 3.88. The number of nitrogens with two attached hydrogens (primary N) is 1. The molecule has 0 saturated heterocycles. The van der Waals surface area contributed by atoms with Gasteiger partial charge in [0.2, 0.25) is 11.9 Å². The highest BCUT2D eigenvalue weighted by Crippen LogP contribution is 2.35. The molecule has 0 aliphatic heterocycles. The average molecular weight is 305 g/mol. The quantitative estimate of drug-likeness (QED) is 0.622. The molecule has 92 valence electrons. The fourth-order valence-corrected chi connectivity index (χ4v) is 1.55. The maximum absolute atomic E-state index is 10.7. The van der Waals surface area contributed by atoms with Crippen LogP contribution < -0.4 is 10.5 Å². The minimum absolute atomic E-state index is 0.143. The lowest BCUT2D eigenvalue weighted by molar-refractivity contribution is -0.386. The number of hydrogen-bond acceptors (Lipinski definition) is 5. The Kier molecular flexibility index (Phi) is 4.41. The van der Waals surface area contributed by atoms with Crippen LogP contribution in [0.3, 0.4) is 0 Å². The second kappa shape index (κ2) is 5.60. The maximum Gasteiger partial charge on any atom is 0.346 e. The van der Waals surface area contributed by atoms with Crippen LogP contribution in [-0.2, 0) is 4.79 Å². The van der Waals surface area contributed by atoms with Crippen molar-refractivity contribution in [3.05, 3.63) is 32.8 Å². The van der Waals surface area contributed by atoms with Crippen molar-refractivity contribution in [2.24, 2.45) is 5.73 Å². The van der Waals surface area contributed by atoms with Gasteiger partial charge in [0, 0.05) is 12.6 Å². The molecule has 0 heterocycles. The Morgan fingerprint density at radius 2 is 2.29 bits per heavy atom. The minimum Gasteiger partial charge on any atom is -0.478 e. The molecule has 1 rings (SSSR count). The Hall–Kier alpha value is -1.67. The molecule has 0 aliphatic carbocycles. The minimum atomic E-state index is -1.33. The fraction of sp³-hybridized carbons (Fsp3) is 0.222. The van der Waals surface area contributed by atoms with Gasteiger partial charge in [-0.1, -0.05) is 6.07 Å². The zero-order valence-electron chi connectivity index (χ0n) is 8.50. The number of aliphatic carboxylic acids is 1. The lowest BCUT2D eigenvalue weighted by atomic mass is 10.3. The number of nitro benzene ring substituents is 1. The Balaban J connectivity index is 3.12. The number of carboxylic acid groups (broad SMARTS) is 1. The van der Waals surface area contributed by atoms with Gasteiger partial charge >= 0.3 is 11.7 Å². The number of rotatable bonds is 5. The van der Waals surface area contributed by atoms with E-state index in [4.69, 9.17) is 15.6 Å². The van der Waals surface area contributed by atoms with Gasteiger partial charge in [0.05, 0.1) is 9.40 Å². The van der Waals surface area contributed by atoms with Crippen molar-refractivity contribution in [3.8, 4) is 5.75 Å². The fourth-order valence-electron chi connectivity index (χ4n) is 1.10. The molecule has 0 fully saturated rings. The zero-order valence-corrected chi connectivity index (χ0v) is 10.1. The summed E-state index contributed by atoms with van der Waals surface area (Å²) in [6, 6.07) is 4.18. The summed E-state index contributed by atoms with van der Waals surface area (Å²) in [4.78, 5) is 20.8. The van der Waals surface area contributed by atoms with Gasteiger partial charge in [0.25, 0.3) is 0 Å². The molecular weight excluding hydrogens is 296 g/mol. The molecule has 1 aromatic carbocycles. The highest BCUT2D eigenvalue weighted by Gasteiger charge is 2.24. The Morgan fingerprint density at radius 1 is 1.65 bits per heavy atom. The molecular formula is C9H9BrN2O5. The predicted octanol–water partition coefficient (Wildman–Crippen LogP) is 1.15. The lowest BCUT2D eigenvalue weighted by Crippen LogP contribution is -2.35. The van der Waals surface area contributed by atoms with Gasteiger partial charge in [-0.3, -0.25) is 10.1 Å². The largest absolute Gasteiger partial charge is 0.478 e. The van der Waals surface area contributed by atoms with Crippen LogP contribution in [0, 0.1) is 10.1 Å². The summed E-state index contributed by atoms with van der Waals surface area (Å²) in [5, 5.41) is 19.5. The number of hydrogen-bond donors (Lipinski definition) is 2. The number of ether oxygens (including phenoxy) is 1. The van der Waals surface area contributed by atoms with Gasteiger partial charge in [-0.2, -0.15) is 0 Å². The molecule has 0 bridgehead atoms. The number of halogens is 1. The van der Waals surface area contributed by atoms with Gasteiger partial charge in [-0.05, 0) is 22.0 Å². The van der Waals surface area contributed by atoms with Crippen molar-refractivity contribution in [1.29, 1.82) is 0 Å². The third kappa shape index (κ3) is 3.14. The van der Waals surface area contributed by atoms with Crippen molar-refractivity contribution in [3.63, 3.8) is 0 Å². The van der Waals surface area contributed by atoms with Gasteiger partial charge in [-0.25, -0.2) is 4.79 Å². The Bertz CT molecular complexity index is 451. The number of nitro groups is 1. The number of carbonyl (C=O) groups is 1. The van der Waals surface area contributed by atoms with Crippen LogP contribution >= 0.6 is 15.9 Å². The van der Waals surface area contributed by atoms with E-state index in [9.17, 15) is 14.9 Å². The standard InChI is InChI=1S/C9H9BrN2O5/c10-5-2-1-3-6(12(15)16)8(5)17-7(4-11)9(13)14/h1-3,7H,4,11H2,(H,13,14). The van der Waals surface area contributed by atoms with Crippen molar-refractivity contribution >= 4 is 27.6 Å². The first-order valence-electron chi connectivity index (χ1n) is 4.49. The number of benzene rings is 1. The summed E-state index contributed by atoms with van der Waals surface area (Å²) in [6.07, 6.45) is -1.33. The van der Waals surface area contributed by atoms with Crippen LogP contribution in [0.5, 0.6) is 5.75 Å². The van der Waals surface area contributed by atoms with E-state index in [1.54, 1.807) is 0 Å². The Morgan fingerprint density at radius 3 is 2.76 bits per heavy atom. The van der Waals surface area contributed by atoms with Gasteiger partial charge < -0.3 is 15.6 Å². The van der Waals surface area contributed by atoms with Crippen molar-refractivity contribution in [2.45, 2.75) is 6.10 Å². The molecule has 7 nitrogen and oxygen atoms in total. The molecule has 0 aliphatic rings. The monoisotopic (exact) mass is 304 g/mol. The van der Waals surface area contributed by atoms with E-state index in [-0.39, 0.29) is 18.0 Å². The van der Waals surface area contributed by atoms with E-state index in [1.165, 1.54) is 18.2 Å². The molecule has 0 amide bonds. The molecule has 0 aromatic heterocycles. The average Bonchev–Trinajstić information content (AvgIpc) is 2.26. The molecule has 1 unspecified atom stereocenters. The highest BCUT2D eigenvalue weighted by atomic mass is 79.9. The summed E-state index contributed by atoms with van der Waals surface area (Å²) in [7, 11) is 0. The first-order chi connectivity index (χ1) is 7.97. The molecule has 0 saturated carbocycles. The van der Waals surface area contributed by atoms with Gasteiger partial charge in [0.15, 0.2) is 0 Å². The number of carboxylic acids is 1. The van der Waals surface area contributed by atoms with Crippen molar-refractivity contribution < 1.29 is 19.6 Å². The third-order valence-corrected chi connectivity index (χ3v) is 2.52. The summed E-state index contributed by atoms with van der Waals surface area (Å²) >= 11 is 3.06. The molecule has 17 heavy (non-hydrogen) atoms. The number of para-hydroxylation sites is 1. The van der Waals surface area contributed by atoms with Gasteiger partial charge in [-0.15, -0.1) is 0 Å². The van der Waals surface area contributed by atoms with E-state index in [2.05, 4.69) is 15.9 Å². The highest BCUT2D eigenvalue weighted by molar-refractivity contribution is 9.10. The lowest BCUT2D eigenvalue weighted by Gasteiger charge is -2.14. The maximum atomic E-state index is 10.7. The first-order valence-corrected chi connectivity index (χ1v) is 5.29. The van der Waals surface area contributed by atoms with Crippen molar-refractivity contribution in [1.82, 2.24) is 0 Å². The molecule has 0 radical (unpaired) electrons. The summed E-state index contributed by atoms with van der Waals surface area (Å²) in [5.74, 6) is -1.42. The van der Waals surface area contributed by atoms with Crippen LogP contribution in [0.15, 0.2) is 22.7 Å². The van der Waals surface area contributed by atoms with E-state index in [0.29, 0.717) is 4.47 Å². The zero-order chi connectivity index (χ0) is 13.0. The smallest absolute Gasteiger partial charge is 0.346 e. The van der Waals surface area contributed by atoms with Crippen LogP contribution in [-0.4, -0.2) is 28.6 Å². The summed E-state index contributed by atoms with van der Waals surface area (Å²) < 4.78 is 5.33. The van der Waals surface area contributed by atoms with Crippen LogP contribution in [0.2, 0.25) is 0 Å². The SMILES string of the molecule is NCC(Oc1c(Br)cccc1[N+](=O)[O-])C(=O)O. The Labute approximate surface area is 104 Å². The molecule has 0 spiro atoms. The second-order valence-electron chi connectivity index (χ2n) is 3.03. The van der Waals surface area contributed by atoms with E-state index >= 15 is 0 Å². The summed E-state index contributed by atoms with van der Waals surface area (Å²) in [6.45, 7) is -0.284. The van der Waals surface area contributed by atoms with Crippen molar-refractivity contribution in [2.75, 3.05) is 6.54 Å². The molecule has 3 N–H and O–H groups in total. The molecule has 1 aromatic rings. The van der Waals surface area contributed by atoms with E-state index in [0.717, 1.165) is 0 Å². The van der Waals surface area contributed by atoms with Gasteiger partial charge in [0.1, 0.15) is 0 Å². The van der Waals surface area contributed by atoms with Crippen LogP contribution in [0.4, 0.5) is 5.69 Å². The molecule has 1 atom stereocenters. The normalized spacial score (nSPS) is 11.9. The predicted molar refractivity (Wildman–Crippen MR) is 61.9 cm³/mol. The number of nitrogens with zero attached hydrogens (tertiary/aromatic N) is 1. The van der Waals surface area contributed by atoms with E-state index < -0.39 is 17.0 Å². The topological polar surface area (TPSA) is 116 Å². The van der Waals surface area contributed by atoms with Crippen LogP contribution in [0.25, 0.3) is 0 Å². The van der Waals surface area contributed by atoms with E-state index in [1.807, 2.05) is 0 Å². The van der Waals surface area contributed by atoms with Crippen LogP contribution in [0.1, 0.15) is 0 Å². The first kappa shape index (κ1) is 13.4.